The normalized spacial score (nSPS) is 11.2. The molecule has 0 saturated carbocycles. The first kappa shape index (κ1) is 16.4. The van der Waals surface area contributed by atoms with Gasteiger partial charge in [-0.05, 0) is 44.2 Å². The molecule has 0 aliphatic carbocycles. The fraction of sp³-hybridized carbons (Fsp3) is 0.118. The minimum absolute atomic E-state index is 0.289. The quantitative estimate of drug-likeness (QED) is 0.453. The molecule has 0 atom stereocenters. The lowest BCUT2D eigenvalue weighted by Gasteiger charge is -1.98. The number of carbonyl (C=O) groups is 1. The second kappa shape index (κ2) is 6.36. The molecular formula is C17H12BrN3O2S2. The van der Waals surface area contributed by atoms with Crippen molar-refractivity contribution in [3.8, 4) is 10.7 Å². The molecule has 0 unspecified atom stereocenters. The Morgan fingerprint density at radius 2 is 2.08 bits per heavy atom. The molecule has 0 radical (unpaired) electrons. The number of hydrogen-bond acceptors (Lipinski definition) is 6. The molecule has 5 nitrogen and oxygen atoms in total. The second-order valence-electron chi connectivity index (χ2n) is 5.48. The number of benzene rings is 1. The number of fused-ring (bicyclic) bond motifs is 1. The number of carbonyl (C=O) groups excluding carboxylic acids is 1. The molecule has 0 spiro atoms. The number of anilines is 1. The van der Waals surface area contributed by atoms with Crippen molar-refractivity contribution in [1.29, 1.82) is 0 Å². The molecule has 1 N–H and O–H groups in total. The lowest BCUT2D eigenvalue weighted by Crippen LogP contribution is -2.11. The summed E-state index contributed by atoms with van der Waals surface area (Å²) < 4.78 is 11.0. The molecule has 0 saturated heterocycles. The van der Waals surface area contributed by atoms with E-state index in [1.807, 2.05) is 44.2 Å². The second-order valence-corrected chi connectivity index (χ2v) is 8.44. The van der Waals surface area contributed by atoms with Crippen LogP contribution in [0.1, 0.15) is 21.0 Å². The molecule has 3 heterocycles. The first-order chi connectivity index (χ1) is 12.0. The molecule has 126 valence electrons. The van der Waals surface area contributed by atoms with Gasteiger partial charge in [-0.25, -0.2) is 0 Å². The Kier molecular flexibility index (Phi) is 4.18. The fourth-order valence-electron chi connectivity index (χ4n) is 2.49. The molecule has 1 aromatic carbocycles. The highest BCUT2D eigenvalue weighted by Crippen LogP contribution is 2.30. The standard InChI is InChI=1S/C17H12BrN3O2S2/c1-8-3-6-13(24-8)15-19-17(25-21-15)20-16(22)14-9(2)11-7-10(18)4-5-12(11)23-14/h3-7H,1-2H3,(H,19,20,21,22). The predicted molar refractivity (Wildman–Crippen MR) is 105 cm³/mol. The van der Waals surface area contributed by atoms with Gasteiger partial charge in [0.2, 0.25) is 5.13 Å². The first-order valence-corrected chi connectivity index (χ1v) is 9.80. The molecule has 4 rings (SSSR count). The SMILES string of the molecule is Cc1ccc(-c2nsc(NC(=O)c3oc4ccc(Br)cc4c3C)n2)s1. The summed E-state index contributed by atoms with van der Waals surface area (Å²) in [6.07, 6.45) is 0. The Labute approximate surface area is 160 Å². The molecule has 0 aliphatic heterocycles. The lowest BCUT2D eigenvalue weighted by molar-refractivity contribution is 0.0998. The van der Waals surface area contributed by atoms with Crippen LogP contribution < -0.4 is 5.32 Å². The Hall–Kier alpha value is -2.03. The van der Waals surface area contributed by atoms with Crippen LogP contribution >= 0.6 is 38.8 Å². The van der Waals surface area contributed by atoms with E-state index in [9.17, 15) is 4.79 Å². The van der Waals surface area contributed by atoms with E-state index in [0.717, 1.165) is 31.8 Å². The largest absolute Gasteiger partial charge is 0.451 e. The Morgan fingerprint density at radius 1 is 1.24 bits per heavy atom. The van der Waals surface area contributed by atoms with Gasteiger partial charge in [-0.3, -0.25) is 10.1 Å². The number of aromatic nitrogens is 2. The third kappa shape index (κ3) is 3.12. The van der Waals surface area contributed by atoms with Crippen molar-refractivity contribution in [3.05, 3.63) is 51.0 Å². The molecule has 0 fully saturated rings. The average Bonchev–Trinajstić information content (AvgIpc) is 3.28. The van der Waals surface area contributed by atoms with E-state index in [4.69, 9.17) is 4.42 Å². The number of nitrogens with one attached hydrogen (secondary N) is 1. The van der Waals surface area contributed by atoms with Crippen molar-refractivity contribution in [2.45, 2.75) is 13.8 Å². The van der Waals surface area contributed by atoms with Gasteiger partial charge in [-0.2, -0.15) is 9.36 Å². The number of hydrogen-bond donors (Lipinski definition) is 1. The number of thiophene rings is 1. The zero-order valence-corrected chi connectivity index (χ0v) is 16.5. The van der Waals surface area contributed by atoms with Crippen LogP contribution in [0, 0.1) is 13.8 Å². The highest BCUT2D eigenvalue weighted by atomic mass is 79.9. The van der Waals surface area contributed by atoms with Gasteiger partial charge in [-0.15, -0.1) is 11.3 Å². The van der Waals surface area contributed by atoms with E-state index in [1.54, 1.807) is 11.3 Å². The third-order valence-corrected chi connectivity index (χ3v) is 5.83. The summed E-state index contributed by atoms with van der Waals surface area (Å²) in [5, 5.41) is 4.14. The van der Waals surface area contributed by atoms with Crippen molar-refractivity contribution in [2.75, 3.05) is 5.32 Å². The smallest absolute Gasteiger partial charge is 0.293 e. The number of amides is 1. The minimum atomic E-state index is -0.324. The summed E-state index contributed by atoms with van der Waals surface area (Å²) in [4.78, 5) is 19.1. The van der Waals surface area contributed by atoms with E-state index in [0.29, 0.717) is 16.5 Å². The lowest BCUT2D eigenvalue weighted by atomic mass is 10.1. The van der Waals surface area contributed by atoms with Gasteiger partial charge in [0.1, 0.15) is 5.58 Å². The topological polar surface area (TPSA) is 68.0 Å². The third-order valence-electron chi connectivity index (χ3n) is 3.71. The summed E-state index contributed by atoms with van der Waals surface area (Å²) >= 11 is 6.21. The predicted octanol–water partition coefficient (Wildman–Crippen LogP) is 5.64. The van der Waals surface area contributed by atoms with Gasteiger partial charge < -0.3 is 4.42 Å². The van der Waals surface area contributed by atoms with Gasteiger partial charge in [0, 0.05) is 31.8 Å². The molecule has 4 aromatic rings. The van der Waals surface area contributed by atoms with Gasteiger partial charge in [-0.1, -0.05) is 15.9 Å². The number of nitrogens with zero attached hydrogens (tertiary/aromatic N) is 2. The summed E-state index contributed by atoms with van der Waals surface area (Å²) in [6.45, 7) is 3.90. The van der Waals surface area contributed by atoms with Crippen LogP contribution in [0.3, 0.4) is 0 Å². The molecular weight excluding hydrogens is 422 g/mol. The number of furan rings is 1. The van der Waals surface area contributed by atoms with Crippen LogP contribution in [-0.4, -0.2) is 15.3 Å². The molecule has 1 amide bonds. The average molecular weight is 434 g/mol. The first-order valence-electron chi connectivity index (χ1n) is 7.42. The monoisotopic (exact) mass is 433 g/mol. The maximum absolute atomic E-state index is 12.6. The zero-order chi connectivity index (χ0) is 17.6. The van der Waals surface area contributed by atoms with Crippen LogP contribution in [-0.2, 0) is 0 Å². The van der Waals surface area contributed by atoms with Crippen LogP contribution in [0.4, 0.5) is 5.13 Å². The van der Waals surface area contributed by atoms with E-state index < -0.39 is 0 Å². The van der Waals surface area contributed by atoms with Crippen molar-refractivity contribution in [2.24, 2.45) is 0 Å². The van der Waals surface area contributed by atoms with E-state index in [1.165, 1.54) is 4.88 Å². The van der Waals surface area contributed by atoms with Crippen LogP contribution in [0.15, 0.2) is 39.2 Å². The van der Waals surface area contributed by atoms with E-state index in [-0.39, 0.29) is 11.7 Å². The Balaban J connectivity index is 1.60. The van der Waals surface area contributed by atoms with Gasteiger partial charge in [0.25, 0.3) is 5.91 Å². The number of aryl methyl sites for hydroxylation is 2. The fourth-order valence-corrected chi connectivity index (χ4v) is 4.29. The highest BCUT2D eigenvalue weighted by molar-refractivity contribution is 9.10. The molecule has 8 heteroatoms. The van der Waals surface area contributed by atoms with Gasteiger partial charge in [0.15, 0.2) is 11.6 Å². The zero-order valence-electron chi connectivity index (χ0n) is 13.3. The van der Waals surface area contributed by atoms with Crippen LogP contribution in [0.2, 0.25) is 0 Å². The van der Waals surface area contributed by atoms with Crippen molar-refractivity contribution in [3.63, 3.8) is 0 Å². The highest BCUT2D eigenvalue weighted by Gasteiger charge is 2.19. The Morgan fingerprint density at radius 3 is 2.84 bits per heavy atom. The van der Waals surface area contributed by atoms with Crippen molar-refractivity contribution in [1.82, 2.24) is 9.36 Å². The molecule has 3 aromatic heterocycles. The maximum Gasteiger partial charge on any atom is 0.293 e. The molecule has 0 aliphatic rings. The molecule has 25 heavy (non-hydrogen) atoms. The summed E-state index contributed by atoms with van der Waals surface area (Å²) in [7, 11) is 0. The Bertz CT molecular complexity index is 1100. The van der Waals surface area contributed by atoms with Crippen LogP contribution in [0.5, 0.6) is 0 Å². The summed E-state index contributed by atoms with van der Waals surface area (Å²) in [5.41, 5.74) is 1.48. The molecule has 0 bridgehead atoms. The minimum Gasteiger partial charge on any atom is -0.451 e. The van der Waals surface area contributed by atoms with E-state index >= 15 is 0 Å². The van der Waals surface area contributed by atoms with Gasteiger partial charge in [0.05, 0.1) is 4.88 Å². The summed E-state index contributed by atoms with van der Waals surface area (Å²) in [6, 6.07) is 9.66. The number of halogens is 1. The van der Waals surface area contributed by atoms with Crippen molar-refractivity contribution < 1.29 is 9.21 Å². The maximum atomic E-state index is 12.6. The van der Waals surface area contributed by atoms with Crippen molar-refractivity contribution >= 4 is 60.8 Å². The van der Waals surface area contributed by atoms with E-state index in [2.05, 4.69) is 30.6 Å². The van der Waals surface area contributed by atoms with Crippen LogP contribution in [0.25, 0.3) is 21.7 Å². The number of rotatable bonds is 3. The van der Waals surface area contributed by atoms with Gasteiger partial charge >= 0.3 is 0 Å². The summed E-state index contributed by atoms with van der Waals surface area (Å²) in [5.74, 6) is 0.593.